The van der Waals surface area contributed by atoms with Crippen molar-refractivity contribution in [2.24, 2.45) is 5.73 Å². The standard InChI is InChI=1S/C23H25F2N3O5S/c1-23(2,3)28-21(30)19(20(34(28,31)32)16-9-5-4-6-10-16)27(18(29)13-26)14-15-8-7-11-17(12-15)33-22(24)25/h4-12,22H,13-14,26H2,1-3H3. The van der Waals surface area contributed by atoms with Gasteiger partial charge in [0.05, 0.1) is 18.6 Å². The number of rotatable bonds is 7. The molecule has 0 radical (unpaired) electrons. The summed E-state index contributed by atoms with van der Waals surface area (Å²) in [6, 6.07) is 13.5. The summed E-state index contributed by atoms with van der Waals surface area (Å²) in [6.45, 7) is 0.839. The van der Waals surface area contributed by atoms with Gasteiger partial charge in [-0.3, -0.25) is 9.59 Å². The van der Waals surface area contributed by atoms with Crippen LogP contribution in [-0.2, 0) is 26.2 Å². The molecule has 0 fully saturated rings. The molecule has 0 unspecified atom stereocenters. The minimum absolute atomic E-state index is 0.147. The smallest absolute Gasteiger partial charge is 0.387 e. The highest BCUT2D eigenvalue weighted by Gasteiger charge is 2.51. The molecule has 182 valence electrons. The molecular formula is C23H25F2N3O5S. The lowest BCUT2D eigenvalue weighted by Crippen LogP contribution is -2.47. The summed E-state index contributed by atoms with van der Waals surface area (Å²) >= 11 is 0. The van der Waals surface area contributed by atoms with Crippen molar-refractivity contribution in [3.8, 4) is 5.75 Å². The zero-order valence-electron chi connectivity index (χ0n) is 18.9. The molecule has 1 heterocycles. The summed E-state index contributed by atoms with van der Waals surface area (Å²) in [6.07, 6.45) is 0. The van der Waals surface area contributed by atoms with Crippen LogP contribution in [0.15, 0.2) is 60.3 Å². The highest BCUT2D eigenvalue weighted by atomic mass is 32.2. The fourth-order valence-electron chi connectivity index (χ4n) is 3.70. The SMILES string of the molecule is CC(C)(C)N1C(=O)C(N(Cc2cccc(OC(F)F)c2)C(=O)CN)=C(c2ccccc2)S1(=O)=O. The van der Waals surface area contributed by atoms with Gasteiger partial charge in [-0.1, -0.05) is 42.5 Å². The van der Waals surface area contributed by atoms with Gasteiger partial charge in [0.2, 0.25) is 5.91 Å². The molecule has 0 bridgehead atoms. The normalized spacial score (nSPS) is 15.7. The van der Waals surface area contributed by atoms with E-state index in [1.165, 1.54) is 36.4 Å². The number of amides is 2. The van der Waals surface area contributed by atoms with Gasteiger partial charge in [0.15, 0.2) is 0 Å². The quantitative estimate of drug-likeness (QED) is 0.635. The Bertz CT molecular complexity index is 1220. The average Bonchev–Trinajstić information content (AvgIpc) is 2.96. The number of ether oxygens (including phenoxy) is 1. The molecule has 8 nitrogen and oxygen atoms in total. The molecule has 2 amide bonds. The molecule has 1 aliphatic rings. The summed E-state index contributed by atoms with van der Waals surface area (Å²) < 4.78 is 57.6. The third-order valence-corrected chi connectivity index (χ3v) is 7.09. The number of alkyl halides is 2. The maximum absolute atomic E-state index is 13.6. The zero-order chi connectivity index (χ0) is 25.3. The zero-order valence-corrected chi connectivity index (χ0v) is 19.7. The maximum Gasteiger partial charge on any atom is 0.387 e. The van der Waals surface area contributed by atoms with Crippen molar-refractivity contribution in [1.29, 1.82) is 0 Å². The Morgan fingerprint density at radius 2 is 1.76 bits per heavy atom. The Morgan fingerprint density at radius 1 is 1.12 bits per heavy atom. The molecule has 0 spiro atoms. The van der Waals surface area contributed by atoms with Crippen LogP contribution in [0.25, 0.3) is 4.91 Å². The van der Waals surface area contributed by atoms with E-state index in [1.54, 1.807) is 39.0 Å². The molecule has 3 rings (SSSR count). The predicted molar refractivity (Wildman–Crippen MR) is 122 cm³/mol. The first-order chi connectivity index (χ1) is 15.9. The molecule has 2 aromatic rings. The summed E-state index contributed by atoms with van der Waals surface area (Å²) in [5.74, 6) is -1.75. The first kappa shape index (κ1) is 25.3. The van der Waals surface area contributed by atoms with Crippen molar-refractivity contribution in [1.82, 2.24) is 9.21 Å². The monoisotopic (exact) mass is 493 g/mol. The van der Waals surface area contributed by atoms with Crippen LogP contribution >= 0.6 is 0 Å². The van der Waals surface area contributed by atoms with Gasteiger partial charge in [0.25, 0.3) is 15.9 Å². The van der Waals surface area contributed by atoms with Gasteiger partial charge in [0, 0.05) is 0 Å². The maximum atomic E-state index is 13.6. The fraction of sp³-hybridized carbons (Fsp3) is 0.304. The highest BCUT2D eigenvalue weighted by molar-refractivity contribution is 7.99. The highest BCUT2D eigenvalue weighted by Crippen LogP contribution is 2.41. The van der Waals surface area contributed by atoms with Crippen LogP contribution in [0.5, 0.6) is 5.75 Å². The van der Waals surface area contributed by atoms with E-state index in [9.17, 15) is 26.8 Å². The number of sulfonamides is 1. The van der Waals surface area contributed by atoms with E-state index in [0.29, 0.717) is 5.56 Å². The number of hydrogen-bond donors (Lipinski definition) is 1. The Kier molecular flexibility index (Phi) is 7.08. The van der Waals surface area contributed by atoms with Crippen molar-refractivity contribution in [3.05, 3.63) is 71.4 Å². The summed E-state index contributed by atoms with van der Waals surface area (Å²) in [4.78, 5) is 27.1. The number of carbonyl (C=O) groups is 2. The van der Waals surface area contributed by atoms with Crippen LogP contribution < -0.4 is 10.5 Å². The largest absolute Gasteiger partial charge is 0.435 e. The van der Waals surface area contributed by atoms with Crippen LogP contribution in [0.4, 0.5) is 8.78 Å². The van der Waals surface area contributed by atoms with Crippen molar-refractivity contribution in [2.75, 3.05) is 6.54 Å². The van der Waals surface area contributed by atoms with Gasteiger partial charge in [-0.2, -0.15) is 8.78 Å². The average molecular weight is 494 g/mol. The first-order valence-corrected chi connectivity index (χ1v) is 11.8. The van der Waals surface area contributed by atoms with E-state index in [4.69, 9.17) is 5.73 Å². The fourth-order valence-corrected chi connectivity index (χ4v) is 5.78. The molecule has 1 aliphatic heterocycles. The van der Waals surface area contributed by atoms with Crippen molar-refractivity contribution in [3.63, 3.8) is 0 Å². The molecule has 0 aromatic heterocycles. The summed E-state index contributed by atoms with van der Waals surface area (Å²) in [7, 11) is -4.34. The van der Waals surface area contributed by atoms with Gasteiger partial charge in [-0.15, -0.1) is 0 Å². The number of nitrogens with two attached hydrogens (primary N) is 1. The molecule has 0 saturated heterocycles. The third kappa shape index (κ3) is 4.95. The molecule has 34 heavy (non-hydrogen) atoms. The van der Waals surface area contributed by atoms with E-state index in [-0.39, 0.29) is 28.5 Å². The minimum Gasteiger partial charge on any atom is -0.435 e. The number of benzene rings is 2. The second-order valence-corrected chi connectivity index (χ2v) is 10.2. The van der Waals surface area contributed by atoms with E-state index in [1.807, 2.05) is 0 Å². The van der Waals surface area contributed by atoms with Gasteiger partial charge in [0.1, 0.15) is 16.4 Å². The van der Waals surface area contributed by atoms with Crippen LogP contribution in [0.2, 0.25) is 0 Å². The topological polar surface area (TPSA) is 110 Å². The van der Waals surface area contributed by atoms with Crippen LogP contribution in [0, 0.1) is 0 Å². The van der Waals surface area contributed by atoms with Crippen molar-refractivity contribution >= 4 is 26.7 Å². The van der Waals surface area contributed by atoms with Crippen molar-refractivity contribution in [2.45, 2.75) is 39.5 Å². The molecule has 2 N–H and O–H groups in total. The van der Waals surface area contributed by atoms with E-state index < -0.39 is 40.5 Å². The lowest BCUT2D eigenvalue weighted by atomic mass is 10.1. The number of hydrogen-bond acceptors (Lipinski definition) is 6. The lowest BCUT2D eigenvalue weighted by Gasteiger charge is -2.31. The first-order valence-electron chi connectivity index (χ1n) is 10.3. The van der Waals surface area contributed by atoms with Crippen LogP contribution in [-0.4, -0.2) is 48.1 Å². The van der Waals surface area contributed by atoms with Crippen molar-refractivity contribution < 1.29 is 31.5 Å². The number of nitrogens with zero attached hydrogens (tertiary/aromatic N) is 2. The van der Waals surface area contributed by atoms with E-state index in [2.05, 4.69) is 4.74 Å². The Hall–Kier alpha value is -3.31. The predicted octanol–water partition coefficient (Wildman–Crippen LogP) is 2.91. The molecule has 0 aliphatic carbocycles. The Labute approximate surface area is 196 Å². The van der Waals surface area contributed by atoms with Gasteiger partial charge >= 0.3 is 6.61 Å². The number of halogens is 2. The van der Waals surface area contributed by atoms with Crippen LogP contribution in [0.3, 0.4) is 0 Å². The lowest BCUT2D eigenvalue weighted by molar-refractivity contribution is -0.134. The van der Waals surface area contributed by atoms with Gasteiger partial charge in [-0.05, 0) is 44.0 Å². The number of carbonyl (C=O) groups excluding carboxylic acids is 2. The Morgan fingerprint density at radius 3 is 2.32 bits per heavy atom. The molecular weight excluding hydrogens is 468 g/mol. The molecule has 0 atom stereocenters. The van der Waals surface area contributed by atoms with E-state index >= 15 is 0 Å². The summed E-state index contributed by atoms with van der Waals surface area (Å²) in [5, 5.41) is 0. The molecule has 0 saturated carbocycles. The second kappa shape index (κ2) is 9.51. The molecule has 11 heteroatoms. The molecule has 2 aromatic carbocycles. The third-order valence-electron chi connectivity index (χ3n) is 4.96. The minimum atomic E-state index is -4.34. The van der Waals surface area contributed by atoms with E-state index in [0.717, 1.165) is 9.21 Å². The van der Waals surface area contributed by atoms with Gasteiger partial charge < -0.3 is 15.4 Å². The second-order valence-electron chi connectivity index (χ2n) is 8.50. The van der Waals surface area contributed by atoms with Crippen LogP contribution in [0.1, 0.15) is 31.9 Å². The Balaban J connectivity index is 2.21. The summed E-state index contributed by atoms with van der Waals surface area (Å²) in [5.41, 5.74) is 4.68. The van der Waals surface area contributed by atoms with Gasteiger partial charge in [-0.25, -0.2) is 12.7 Å².